The highest BCUT2D eigenvalue weighted by Gasteiger charge is 2.31. The van der Waals surface area contributed by atoms with Crippen LogP contribution in [0.3, 0.4) is 0 Å². The van der Waals surface area contributed by atoms with Gasteiger partial charge in [0, 0.05) is 22.5 Å². The van der Waals surface area contributed by atoms with Crippen molar-refractivity contribution in [2.24, 2.45) is 11.8 Å². The number of hydrogen-bond donors (Lipinski definition) is 2. The van der Waals surface area contributed by atoms with E-state index in [9.17, 15) is 9.59 Å². The summed E-state index contributed by atoms with van der Waals surface area (Å²) in [6, 6.07) is 11.6. The maximum Gasteiger partial charge on any atom is 0.223 e. The number of aryl methyl sites for hydroxylation is 2. The van der Waals surface area contributed by atoms with E-state index in [2.05, 4.69) is 38.4 Å². The summed E-state index contributed by atoms with van der Waals surface area (Å²) in [5.74, 6) is 1.06. The number of rotatable bonds is 8. The smallest absolute Gasteiger partial charge is 0.223 e. The average Bonchev–Trinajstić information content (AvgIpc) is 3.15. The number of carbonyl (C=O) groups is 2. The van der Waals surface area contributed by atoms with Gasteiger partial charge in [-0.1, -0.05) is 34.1 Å². The van der Waals surface area contributed by atoms with Crippen LogP contribution in [-0.4, -0.2) is 22.7 Å². The molecule has 1 aromatic heterocycles. The van der Waals surface area contributed by atoms with E-state index < -0.39 is 6.04 Å². The molecule has 1 saturated carbocycles. The zero-order valence-electron chi connectivity index (χ0n) is 17.7. The minimum Gasteiger partial charge on any atom is -0.384 e. The number of nitrogens with zero attached hydrogens (tertiary/aromatic N) is 1. The molecule has 5 nitrogen and oxygen atoms in total. The molecule has 1 aliphatic rings. The Kier molecular flexibility index (Phi) is 7.64. The van der Waals surface area contributed by atoms with E-state index in [-0.39, 0.29) is 17.6 Å². The van der Waals surface area contributed by atoms with E-state index in [1.807, 2.05) is 25.1 Å². The molecule has 1 amide bonds. The highest BCUT2D eigenvalue weighted by atomic mass is 79.9. The Morgan fingerprint density at radius 3 is 2.80 bits per heavy atom. The van der Waals surface area contributed by atoms with Gasteiger partial charge in [-0.2, -0.15) is 0 Å². The number of pyridine rings is 1. The minimum atomic E-state index is -0.469. The fourth-order valence-electron chi connectivity index (χ4n) is 4.26. The van der Waals surface area contributed by atoms with Gasteiger partial charge in [0.25, 0.3) is 0 Å². The molecule has 1 aliphatic carbocycles. The predicted octanol–water partition coefficient (Wildman–Crippen LogP) is 4.40. The molecule has 0 saturated heterocycles. The number of nitrogens with two attached hydrogens (primary N) is 1. The van der Waals surface area contributed by atoms with Gasteiger partial charge in [0.05, 0.1) is 6.04 Å². The van der Waals surface area contributed by atoms with E-state index in [1.54, 1.807) is 13.0 Å². The first kappa shape index (κ1) is 22.5. The fourth-order valence-corrected chi connectivity index (χ4v) is 4.70. The van der Waals surface area contributed by atoms with Crippen LogP contribution < -0.4 is 11.1 Å². The van der Waals surface area contributed by atoms with Crippen molar-refractivity contribution in [1.82, 2.24) is 10.3 Å². The molecule has 0 bridgehead atoms. The molecule has 2 aromatic rings. The van der Waals surface area contributed by atoms with Crippen LogP contribution in [0.25, 0.3) is 0 Å². The Hall–Kier alpha value is -2.21. The highest BCUT2D eigenvalue weighted by molar-refractivity contribution is 9.10. The number of nitrogens with one attached hydrogen (secondary N) is 1. The largest absolute Gasteiger partial charge is 0.384 e. The summed E-state index contributed by atoms with van der Waals surface area (Å²) in [6.07, 6.45) is 4.81. The molecule has 1 fully saturated rings. The van der Waals surface area contributed by atoms with E-state index in [4.69, 9.17) is 5.73 Å². The van der Waals surface area contributed by atoms with Crippen LogP contribution in [-0.2, 0) is 22.4 Å². The van der Waals surface area contributed by atoms with Crippen molar-refractivity contribution >= 4 is 33.4 Å². The highest BCUT2D eigenvalue weighted by Crippen LogP contribution is 2.33. The van der Waals surface area contributed by atoms with Crippen molar-refractivity contribution in [2.45, 2.75) is 58.4 Å². The average molecular weight is 472 g/mol. The number of nitrogen functional groups attached to an aromatic ring is 1. The Balaban J connectivity index is 1.45. The summed E-state index contributed by atoms with van der Waals surface area (Å²) in [6.45, 7) is 3.67. The van der Waals surface area contributed by atoms with E-state index >= 15 is 0 Å². The number of halogens is 1. The number of carbonyl (C=O) groups excluding carboxylic acids is 2. The maximum absolute atomic E-state index is 12.7. The number of Topliss-reactive ketones (excluding diaryl/α,β-unsaturated/α-hetero) is 1. The molecule has 1 aromatic carbocycles. The quantitative estimate of drug-likeness (QED) is 0.597. The van der Waals surface area contributed by atoms with Gasteiger partial charge in [0.2, 0.25) is 5.91 Å². The summed E-state index contributed by atoms with van der Waals surface area (Å²) in [4.78, 5) is 29.4. The molecule has 0 aliphatic heterocycles. The van der Waals surface area contributed by atoms with Gasteiger partial charge >= 0.3 is 0 Å². The number of anilines is 1. The normalized spacial score (nSPS) is 19.4. The molecule has 0 unspecified atom stereocenters. The molecule has 160 valence electrons. The predicted molar refractivity (Wildman–Crippen MR) is 123 cm³/mol. The minimum absolute atomic E-state index is 0.000876. The molecule has 3 atom stereocenters. The molecule has 0 spiro atoms. The van der Waals surface area contributed by atoms with Crippen LogP contribution in [0.2, 0.25) is 0 Å². The molecule has 3 N–H and O–H groups in total. The number of hydrogen-bond acceptors (Lipinski definition) is 4. The van der Waals surface area contributed by atoms with Gasteiger partial charge in [-0.05, 0) is 81.2 Å². The third-order valence-corrected chi connectivity index (χ3v) is 6.52. The van der Waals surface area contributed by atoms with Crippen LogP contribution in [0.4, 0.5) is 5.82 Å². The van der Waals surface area contributed by atoms with E-state index in [0.717, 1.165) is 41.4 Å². The Labute approximate surface area is 187 Å². The number of ketones is 1. The summed E-state index contributed by atoms with van der Waals surface area (Å²) in [5, 5.41) is 2.94. The Morgan fingerprint density at radius 2 is 2.07 bits per heavy atom. The molecular weight excluding hydrogens is 442 g/mol. The lowest BCUT2D eigenvalue weighted by atomic mass is 9.96. The molecule has 1 heterocycles. The second kappa shape index (κ2) is 10.2. The molecule has 6 heteroatoms. The monoisotopic (exact) mass is 471 g/mol. The second-order valence-corrected chi connectivity index (χ2v) is 9.30. The Morgan fingerprint density at radius 1 is 1.27 bits per heavy atom. The second-order valence-electron chi connectivity index (χ2n) is 8.39. The van der Waals surface area contributed by atoms with Crippen LogP contribution in [0, 0.1) is 18.8 Å². The maximum atomic E-state index is 12.7. The standard InChI is InChI=1S/C24H30BrN3O2/c1-15-19(9-11-23(26)27-15)8-10-22(29)16(2)28-24(30)20-7-6-18(13-20)12-17-4-3-5-21(25)14-17/h3-5,9,11,14,16,18,20H,6-8,10,12-13H2,1-2H3,(H2,26,27)(H,28,30)/t16-,18-,20+/m0/s1. The third-order valence-electron chi connectivity index (χ3n) is 6.02. The number of amides is 1. The first-order valence-electron chi connectivity index (χ1n) is 10.6. The van der Waals surface area contributed by atoms with Crippen molar-refractivity contribution in [2.75, 3.05) is 5.73 Å². The van der Waals surface area contributed by atoms with Gasteiger partial charge in [-0.25, -0.2) is 4.98 Å². The van der Waals surface area contributed by atoms with Gasteiger partial charge < -0.3 is 11.1 Å². The zero-order valence-corrected chi connectivity index (χ0v) is 19.2. The summed E-state index contributed by atoms with van der Waals surface area (Å²) in [7, 11) is 0. The first-order valence-corrected chi connectivity index (χ1v) is 11.4. The Bertz CT molecular complexity index is 915. The van der Waals surface area contributed by atoms with Gasteiger partial charge in [0.1, 0.15) is 5.82 Å². The van der Waals surface area contributed by atoms with Crippen molar-refractivity contribution in [3.05, 3.63) is 57.7 Å². The topological polar surface area (TPSA) is 85.1 Å². The van der Waals surface area contributed by atoms with Crippen LogP contribution in [0.1, 0.15) is 49.4 Å². The van der Waals surface area contributed by atoms with Crippen LogP contribution in [0.15, 0.2) is 40.9 Å². The van der Waals surface area contributed by atoms with E-state index in [0.29, 0.717) is 24.6 Å². The van der Waals surface area contributed by atoms with E-state index in [1.165, 1.54) is 5.56 Å². The molecule has 0 radical (unpaired) electrons. The van der Waals surface area contributed by atoms with Crippen molar-refractivity contribution in [3.8, 4) is 0 Å². The number of benzene rings is 1. The SMILES string of the molecule is Cc1nc(N)ccc1CCC(=O)[C@H](C)NC(=O)[C@@H]1CC[C@@H](Cc2cccc(Br)c2)C1. The first-order chi connectivity index (χ1) is 14.3. The summed E-state index contributed by atoms with van der Waals surface area (Å²) < 4.78 is 1.09. The lowest BCUT2D eigenvalue weighted by molar-refractivity contribution is -0.129. The van der Waals surface area contributed by atoms with Crippen LogP contribution >= 0.6 is 15.9 Å². The number of aromatic nitrogens is 1. The lowest BCUT2D eigenvalue weighted by Crippen LogP contribution is -2.41. The summed E-state index contributed by atoms with van der Waals surface area (Å²) in [5.41, 5.74) is 8.84. The lowest BCUT2D eigenvalue weighted by Gasteiger charge is -2.17. The fraction of sp³-hybridized carbons (Fsp3) is 0.458. The van der Waals surface area contributed by atoms with Crippen molar-refractivity contribution in [3.63, 3.8) is 0 Å². The summed E-state index contributed by atoms with van der Waals surface area (Å²) >= 11 is 3.52. The molecular formula is C24H30BrN3O2. The molecule has 30 heavy (non-hydrogen) atoms. The van der Waals surface area contributed by atoms with Crippen molar-refractivity contribution < 1.29 is 9.59 Å². The van der Waals surface area contributed by atoms with Crippen molar-refractivity contribution in [1.29, 1.82) is 0 Å². The van der Waals surface area contributed by atoms with Crippen LogP contribution in [0.5, 0.6) is 0 Å². The van der Waals surface area contributed by atoms with Gasteiger partial charge in [-0.15, -0.1) is 0 Å². The molecule has 3 rings (SSSR count). The van der Waals surface area contributed by atoms with Gasteiger partial charge in [-0.3, -0.25) is 9.59 Å². The zero-order chi connectivity index (χ0) is 21.7. The third kappa shape index (κ3) is 6.14. The van der Waals surface area contributed by atoms with Gasteiger partial charge in [0.15, 0.2) is 5.78 Å².